The van der Waals surface area contributed by atoms with Crippen LogP contribution in [0.25, 0.3) is 10.7 Å². The first-order valence-corrected chi connectivity index (χ1v) is 7.38. The molecule has 2 aromatic rings. The molecule has 94 valence electrons. The van der Waals surface area contributed by atoms with Crippen LogP contribution in [0.15, 0.2) is 22.1 Å². The number of carboxylic acids is 1. The second kappa shape index (κ2) is 4.51. The number of thiophene rings is 1. The average molecular weight is 327 g/mol. The zero-order chi connectivity index (χ0) is 12.7. The third-order valence-electron chi connectivity index (χ3n) is 3.21. The maximum Gasteiger partial charge on any atom is 0.312 e. The molecule has 0 amide bonds. The number of fused-ring (bicyclic) bond motifs is 1. The molecule has 3 rings (SSSR count). The molecule has 1 N–H and O–H groups in total. The van der Waals surface area contributed by atoms with Crippen LogP contribution < -0.4 is 0 Å². The Bertz CT molecular complexity index is 591. The van der Waals surface area contributed by atoms with E-state index in [0.717, 1.165) is 29.4 Å². The van der Waals surface area contributed by atoms with Gasteiger partial charge in [0.25, 0.3) is 0 Å². The quantitative estimate of drug-likeness (QED) is 0.920. The van der Waals surface area contributed by atoms with Gasteiger partial charge in [0.1, 0.15) is 4.60 Å². The van der Waals surface area contributed by atoms with Gasteiger partial charge in [0.2, 0.25) is 0 Å². The van der Waals surface area contributed by atoms with Crippen molar-refractivity contribution in [3.63, 3.8) is 0 Å². The standard InChI is InChI=1S/C12H11BrN2O2S/c13-10-9-7(12(16)17)3-1-5-15(9)11(14-10)8-4-2-6-18-8/h2,4,6-7H,1,3,5H2,(H,16,17). The van der Waals surface area contributed by atoms with E-state index >= 15 is 0 Å². The molecular weight excluding hydrogens is 316 g/mol. The fourth-order valence-electron chi connectivity index (χ4n) is 2.42. The number of halogens is 1. The zero-order valence-electron chi connectivity index (χ0n) is 9.47. The maximum absolute atomic E-state index is 11.3. The molecule has 2 aromatic heterocycles. The van der Waals surface area contributed by atoms with Crippen LogP contribution in [-0.4, -0.2) is 20.6 Å². The zero-order valence-corrected chi connectivity index (χ0v) is 11.9. The van der Waals surface area contributed by atoms with Gasteiger partial charge >= 0.3 is 5.97 Å². The molecular formula is C12H11BrN2O2S. The van der Waals surface area contributed by atoms with Gasteiger partial charge in [0.15, 0.2) is 5.82 Å². The van der Waals surface area contributed by atoms with Gasteiger partial charge in [0.05, 0.1) is 16.5 Å². The summed E-state index contributed by atoms with van der Waals surface area (Å²) in [5, 5.41) is 11.3. The first-order chi connectivity index (χ1) is 8.68. The Morgan fingerprint density at radius 1 is 1.61 bits per heavy atom. The molecule has 0 spiro atoms. The molecule has 0 bridgehead atoms. The predicted molar refractivity (Wildman–Crippen MR) is 72.9 cm³/mol. The molecule has 0 aliphatic carbocycles. The SMILES string of the molecule is O=C(O)C1CCCn2c(-c3cccs3)nc(Br)c21. The van der Waals surface area contributed by atoms with Crippen molar-refractivity contribution in [2.24, 2.45) is 0 Å². The highest BCUT2D eigenvalue weighted by molar-refractivity contribution is 9.10. The van der Waals surface area contributed by atoms with Gasteiger partial charge in [-0.1, -0.05) is 6.07 Å². The lowest BCUT2D eigenvalue weighted by Gasteiger charge is -2.22. The van der Waals surface area contributed by atoms with Crippen molar-refractivity contribution in [3.05, 3.63) is 27.8 Å². The second-order valence-electron chi connectivity index (χ2n) is 4.27. The van der Waals surface area contributed by atoms with Crippen LogP contribution in [0.3, 0.4) is 0 Å². The van der Waals surface area contributed by atoms with Crippen LogP contribution in [0, 0.1) is 0 Å². The number of aliphatic carboxylic acids is 1. The molecule has 3 heterocycles. The molecule has 18 heavy (non-hydrogen) atoms. The molecule has 0 saturated carbocycles. The number of carbonyl (C=O) groups is 1. The Labute approximate surface area is 116 Å². The van der Waals surface area contributed by atoms with Crippen LogP contribution in [0.2, 0.25) is 0 Å². The van der Waals surface area contributed by atoms with E-state index in [0.29, 0.717) is 11.0 Å². The Kier molecular flexibility index (Phi) is 2.99. The number of rotatable bonds is 2. The molecule has 6 heteroatoms. The lowest BCUT2D eigenvalue weighted by molar-refractivity contribution is -0.139. The Hall–Kier alpha value is -1.14. The van der Waals surface area contributed by atoms with Crippen LogP contribution in [0.5, 0.6) is 0 Å². The van der Waals surface area contributed by atoms with Gasteiger partial charge in [0, 0.05) is 6.54 Å². The minimum atomic E-state index is -0.769. The largest absolute Gasteiger partial charge is 0.481 e. The molecule has 0 radical (unpaired) electrons. The summed E-state index contributed by atoms with van der Waals surface area (Å²) in [6, 6.07) is 3.99. The summed E-state index contributed by atoms with van der Waals surface area (Å²) in [7, 11) is 0. The van der Waals surface area contributed by atoms with Crippen molar-refractivity contribution in [2.75, 3.05) is 0 Å². The van der Waals surface area contributed by atoms with Crippen LogP contribution in [-0.2, 0) is 11.3 Å². The predicted octanol–water partition coefficient (Wildman–Crippen LogP) is 3.34. The van der Waals surface area contributed by atoms with Crippen molar-refractivity contribution < 1.29 is 9.90 Å². The van der Waals surface area contributed by atoms with Crippen molar-refractivity contribution in [2.45, 2.75) is 25.3 Å². The molecule has 0 saturated heterocycles. The first kappa shape index (κ1) is 11.9. The molecule has 0 aromatic carbocycles. The first-order valence-electron chi connectivity index (χ1n) is 5.71. The number of nitrogens with zero attached hydrogens (tertiary/aromatic N) is 2. The summed E-state index contributed by atoms with van der Waals surface area (Å²) in [6.45, 7) is 0.838. The van der Waals surface area contributed by atoms with Gasteiger partial charge in [-0.25, -0.2) is 4.98 Å². The fraction of sp³-hybridized carbons (Fsp3) is 0.333. The van der Waals surface area contributed by atoms with E-state index in [9.17, 15) is 9.90 Å². The molecule has 1 atom stereocenters. The number of hydrogen-bond acceptors (Lipinski definition) is 3. The number of hydrogen-bond donors (Lipinski definition) is 1. The monoisotopic (exact) mass is 326 g/mol. The van der Waals surface area contributed by atoms with E-state index in [1.54, 1.807) is 11.3 Å². The van der Waals surface area contributed by atoms with Gasteiger partial charge < -0.3 is 9.67 Å². The van der Waals surface area contributed by atoms with E-state index in [1.165, 1.54) is 0 Å². The number of carboxylic acid groups (broad SMARTS) is 1. The highest BCUT2D eigenvalue weighted by atomic mass is 79.9. The summed E-state index contributed by atoms with van der Waals surface area (Å²) >= 11 is 5.03. The summed E-state index contributed by atoms with van der Waals surface area (Å²) in [4.78, 5) is 16.9. The Morgan fingerprint density at radius 3 is 3.11 bits per heavy atom. The summed E-state index contributed by atoms with van der Waals surface area (Å²) in [5.74, 6) is -0.346. The van der Waals surface area contributed by atoms with Gasteiger partial charge in [-0.2, -0.15) is 0 Å². The molecule has 1 aliphatic heterocycles. The second-order valence-corrected chi connectivity index (χ2v) is 5.97. The summed E-state index contributed by atoms with van der Waals surface area (Å²) in [5.41, 5.74) is 0.803. The number of aromatic nitrogens is 2. The average Bonchev–Trinajstić information content (AvgIpc) is 2.97. The molecule has 1 aliphatic rings. The van der Waals surface area contributed by atoms with E-state index in [-0.39, 0.29) is 0 Å². The maximum atomic E-state index is 11.3. The van der Waals surface area contributed by atoms with E-state index < -0.39 is 11.9 Å². The fourth-order valence-corrected chi connectivity index (χ4v) is 3.80. The van der Waals surface area contributed by atoms with Crippen molar-refractivity contribution in [1.82, 2.24) is 9.55 Å². The Balaban J connectivity index is 2.16. The van der Waals surface area contributed by atoms with Crippen molar-refractivity contribution in [3.8, 4) is 10.7 Å². The van der Waals surface area contributed by atoms with Gasteiger partial charge in [-0.05, 0) is 40.2 Å². The third-order valence-corrected chi connectivity index (χ3v) is 4.66. The van der Waals surface area contributed by atoms with E-state index in [1.807, 2.05) is 22.1 Å². The smallest absolute Gasteiger partial charge is 0.312 e. The van der Waals surface area contributed by atoms with Crippen molar-refractivity contribution >= 4 is 33.2 Å². The van der Waals surface area contributed by atoms with Crippen LogP contribution in [0.4, 0.5) is 0 Å². The van der Waals surface area contributed by atoms with E-state index in [4.69, 9.17) is 0 Å². The normalized spacial score (nSPS) is 18.6. The molecule has 4 nitrogen and oxygen atoms in total. The minimum Gasteiger partial charge on any atom is -0.481 e. The third kappa shape index (κ3) is 1.80. The highest BCUT2D eigenvalue weighted by Gasteiger charge is 2.32. The highest BCUT2D eigenvalue weighted by Crippen LogP contribution is 2.37. The summed E-state index contributed by atoms with van der Waals surface area (Å²) in [6.07, 6.45) is 1.56. The lowest BCUT2D eigenvalue weighted by Crippen LogP contribution is -2.22. The molecule has 1 unspecified atom stereocenters. The van der Waals surface area contributed by atoms with Gasteiger partial charge in [-0.15, -0.1) is 11.3 Å². The van der Waals surface area contributed by atoms with Crippen LogP contribution in [0.1, 0.15) is 24.5 Å². The summed E-state index contributed by atoms with van der Waals surface area (Å²) < 4.78 is 2.70. The Morgan fingerprint density at radius 2 is 2.44 bits per heavy atom. The topological polar surface area (TPSA) is 55.1 Å². The lowest BCUT2D eigenvalue weighted by atomic mass is 9.96. The minimum absolute atomic E-state index is 0.450. The van der Waals surface area contributed by atoms with Crippen molar-refractivity contribution in [1.29, 1.82) is 0 Å². The van der Waals surface area contributed by atoms with Crippen LogP contribution >= 0.6 is 27.3 Å². The number of imidazole rings is 1. The molecule has 0 fully saturated rings. The van der Waals surface area contributed by atoms with E-state index in [2.05, 4.69) is 20.9 Å². The van der Waals surface area contributed by atoms with Gasteiger partial charge in [-0.3, -0.25) is 4.79 Å².